The number of β-amino-alcohol motifs (C(OH)–C–C–N with tert-alkyl or cyclic N) is 1. The van der Waals surface area contributed by atoms with Gasteiger partial charge in [0, 0.05) is 23.9 Å². The number of nitrogens with one attached hydrogen (secondary N) is 4. The van der Waals surface area contributed by atoms with E-state index in [9.17, 15) is 29.7 Å². The fraction of sp³-hybridized carbons (Fsp3) is 0.212. The van der Waals surface area contributed by atoms with Crippen molar-refractivity contribution in [3.63, 3.8) is 0 Å². The van der Waals surface area contributed by atoms with E-state index < -0.39 is 36.5 Å². The number of aromatic hydroxyl groups is 1. The van der Waals surface area contributed by atoms with E-state index in [4.69, 9.17) is 0 Å². The molecule has 11 heteroatoms. The zero-order chi connectivity index (χ0) is 31.2. The molecule has 11 nitrogen and oxygen atoms in total. The third-order valence-corrected chi connectivity index (χ3v) is 7.30. The molecule has 1 heterocycles. The molecule has 0 aromatic heterocycles. The van der Waals surface area contributed by atoms with Gasteiger partial charge >= 0.3 is 5.97 Å². The molecule has 0 saturated heterocycles. The quantitative estimate of drug-likeness (QED) is 0.154. The molecule has 4 aromatic carbocycles. The molecule has 2 unspecified atom stereocenters. The number of anilines is 1. The molecule has 0 fully saturated rings. The fourth-order valence-corrected chi connectivity index (χ4v) is 5.10. The summed E-state index contributed by atoms with van der Waals surface area (Å²) in [5.74, 6) is -2.06. The lowest BCUT2D eigenvalue weighted by Crippen LogP contribution is -2.42. The Labute approximate surface area is 253 Å². The lowest BCUT2D eigenvalue weighted by atomic mass is 9.94. The van der Waals surface area contributed by atoms with Crippen LogP contribution in [-0.2, 0) is 9.59 Å². The molecule has 0 saturated carbocycles. The number of hydrogen-bond donors (Lipinski definition) is 7. The highest BCUT2D eigenvalue weighted by Gasteiger charge is 2.20. The molecule has 2 atom stereocenters. The number of aryl methyl sites for hydroxylation is 1. The Morgan fingerprint density at radius 1 is 1.00 bits per heavy atom. The summed E-state index contributed by atoms with van der Waals surface area (Å²) in [4.78, 5) is 41.4. The Bertz CT molecular complexity index is 1740. The summed E-state index contributed by atoms with van der Waals surface area (Å²) in [6, 6.07) is 23.0. The SMILES string of the molecule is Cc1ccc(-c2ccc(C(CC(=O)O)NC(=O)CNC(=O)c3cc(O)cc(NC4=NCC(O)CN4)c3)cc2)c2ccccc12. The monoisotopic (exact) mass is 595 g/mol. The lowest BCUT2D eigenvalue weighted by Gasteiger charge is -2.20. The molecule has 0 radical (unpaired) electrons. The van der Waals surface area contributed by atoms with Gasteiger partial charge in [-0.15, -0.1) is 0 Å². The number of fused-ring (bicyclic) bond motifs is 1. The zero-order valence-corrected chi connectivity index (χ0v) is 24.0. The summed E-state index contributed by atoms with van der Waals surface area (Å²) in [5, 5.41) is 42.5. The number of hydrogen-bond acceptors (Lipinski definition) is 8. The number of aliphatic imine (C=N–C) groups is 1. The van der Waals surface area contributed by atoms with Crippen molar-refractivity contribution in [1.29, 1.82) is 0 Å². The van der Waals surface area contributed by atoms with Gasteiger partial charge in [0.05, 0.1) is 31.7 Å². The number of aliphatic carboxylic acids is 1. The summed E-state index contributed by atoms with van der Waals surface area (Å²) in [7, 11) is 0. The van der Waals surface area contributed by atoms with Gasteiger partial charge in [-0.2, -0.15) is 0 Å². The van der Waals surface area contributed by atoms with E-state index in [2.05, 4.69) is 57.4 Å². The molecule has 5 rings (SSSR count). The van der Waals surface area contributed by atoms with Gasteiger partial charge in [-0.05, 0) is 52.1 Å². The minimum Gasteiger partial charge on any atom is -0.508 e. The Hall–Kier alpha value is -5.42. The number of carbonyl (C=O) groups excluding carboxylic acids is 2. The first-order valence-corrected chi connectivity index (χ1v) is 14.1. The van der Waals surface area contributed by atoms with Crippen molar-refractivity contribution in [2.45, 2.75) is 25.5 Å². The molecular formula is C33H33N5O6. The van der Waals surface area contributed by atoms with Crippen LogP contribution in [0.5, 0.6) is 5.75 Å². The van der Waals surface area contributed by atoms with Crippen LogP contribution in [0.15, 0.2) is 83.9 Å². The van der Waals surface area contributed by atoms with Crippen LogP contribution in [0.3, 0.4) is 0 Å². The second-order valence-electron chi connectivity index (χ2n) is 10.6. The van der Waals surface area contributed by atoms with Gasteiger partial charge in [0.1, 0.15) is 5.75 Å². The molecule has 0 aliphatic carbocycles. The first kappa shape index (κ1) is 30.1. The number of carbonyl (C=O) groups is 3. The Morgan fingerprint density at radius 3 is 2.45 bits per heavy atom. The molecule has 4 aromatic rings. The van der Waals surface area contributed by atoms with Crippen LogP contribution < -0.4 is 21.3 Å². The predicted molar refractivity (Wildman–Crippen MR) is 168 cm³/mol. The molecule has 2 amide bonds. The summed E-state index contributed by atoms with van der Waals surface area (Å²) in [5.41, 5.74) is 4.27. The molecule has 1 aliphatic heterocycles. The number of rotatable bonds is 9. The smallest absolute Gasteiger partial charge is 0.305 e. The minimum absolute atomic E-state index is 0.0954. The van der Waals surface area contributed by atoms with Crippen molar-refractivity contribution in [1.82, 2.24) is 16.0 Å². The normalized spacial score (nSPS) is 15.0. The molecular weight excluding hydrogens is 562 g/mol. The van der Waals surface area contributed by atoms with E-state index in [0.717, 1.165) is 21.9 Å². The average Bonchev–Trinajstić information content (AvgIpc) is 3.01. The van der Waals surface area contributed by atoms with Crippen molar-refractivity contribution < 1.29 is 29.7 Å². The predicted octanol–water partition coefficient (Wildman–Crippen LogP) is 3.31. The number of phenols is 1. The number of amides is 2. The highest BCUT2D eigenvalue weighted by atomic mass is 16.4. The van der Waals surface area contributed by atoms with Gasteiger partial charge < -0.3 is 36.6 Å². The first-order chi connectivity index (χ1) is 21.2. The van der Waals surface area contributed by atoms with Gasteiger partial charge in [-0.1, -0.05) is 60.7 Å². The maximum Gasteiger partial charge on any atom is 0.305 e. The minimum atomic E-state index is -1.08. The standard InChI is InChI=1S/C33H33N5O6/c1-19-6-11-27(28-5-3-2-4-26(19)28)20-7-9-21(10-8-20)29(15-31(42)43)38-30(41)18-34-32(44)22-12-23(14-24(39)13-22)37-33-35-16-25(40)17-36-33/h2-14,25,29,39-40H,15-18H2,1H3,(H,34,44)(H,38,41)(H,42,43)(H2,35,36,37). The van der Waals surface area contributed by atoms with E-state index in [1.54, 1.807) is 12.1 Å². The molecule has 44 heavy (non-hydrogen) atoms. The van der Waals surface area contributed by atoms with Crippen molar-refractivity contribution in [2.75, 3.05) is 25.0 Å². The van der Waals surface area contributed by atoms with Crippen LogP contribution in [0.25, 0.3) is 21.9 Å². The van der Waals surface area contributed by atoms with Crippen LogP contribution in [0.4, 0.5) is 5.69 Å². The number of aliphatic hydroxyl groups is 1. The highest BCUT2D eigenvalue weighted by Crippen LogP contribution is 2.31. The number of benzene rings is 4. The molecule has 7 N–H and O–H groups in total. The number of aliphatic hydroxyl groups excluding tert-OH is 1. The van der Waals surface area contributed by atoms with E-state index in [1.165, 1.54) is 23.8 Å². The molecule has 1 aliphatic rings. The van der Waals surface area contributed by atoms with Crippen LogP contribution in [0, 0.1) is 6.92 Å². The number of nitrogens with zero attached hydrogens (tertiary/aromatic N) is 1. The van der Waals surface area contributed by atoms with Gasteiger partial charge in [0.2, 0.25) is 5.91 Å². The van der Waals surface area contributed by atoms with Crippen molar-refractivity contribution in [2.24, 2.45) is 4.99 Å². The second-order valence-corrected chi connectivity index (χ2v) is 10.6. The molecule has 226 valence electrons. The van der Waals surface area contributed by atoms with E-state index >= 15 is 0 Å². The second kappa shape index (κ2) is 13.3. The van der Waals surface area contributed by atoms with E-state index in [1.807, 2.05) is 24.3 Å². The number of guanidine groups is 1. The van der Waals surface area contributed by atoms with Gasteiger partial charge in [0.15, 0.2) is 5.96 Å². The molecule has 0 bridgehead atoms. The van der Waals surface area contributed by atoms with Crippen molar-refractivity contribution in [3.8, 4) is 16.9 Å². The van der Waals surface area contributed by atoms with Crippen LogP contribution in [-0.4, -0.2) is 64.8 Å². The van der Waals surface area contributed by atoms with Gasteiger partial charge in [0.25, 0.3) is 5.91 Å². The Balaban J connectivity index is 1.24. The first-order valence-electron chi connectivity index (χ1n) is 14.1. The van der Waals surface area contributed by atoms with Crippen LogP contribution in [0.2, 0.25) is 0 Å². The third-order valence-electron chi connectivity index (χ3n) is 7.30. The maximum atomic E-state index is 12.8. The summed E-state index contributed by atoms with van der Waals surface area (Å²) in [6.07, 6.45) is -0.936. The highest BCUT2D eigenvalue weighted by molar-refractivity contribution is 6.00. The average molecular weight is 596 g/mol. The maximum absolute atomic E-state index is 12.8. The summed E-state index contributed by atoms with van der Waals surface area (Å²) in [6.45, 7) is 2.18. The number of carboxylic acid groups (broad SMARTS) is 1. The Kier molecular flexibility index (Phi) is 9.06. The summed E-state index contributed by atoms with van der Waals surface area (Å²) >= 11 is 0. The van der Waals surface area contributed by atoms with E-state index in [0.29, 0.717) is 23.8 Å². The van der Waals surface area contributed by atoms with E-state index in [-0.39, 0.29) is 24.3 Å². The Morgan fingerprint density at radius 2 is 1.75 bits per heavy atom. The van der Waals surface area contributed by atoms with Gasteiger partial charge in [-0.25, -0.2) is 0 Å². The summed E-state index contributed by atoms with van der Waals surface area (Å²) < 4.78 is 0. The van der Waals surface area contributed by atoms with Crippen molar-refractivity contribution in [3.05, 3.63) is 95.6 Å². The van der Waals surface area contributed by atoms with Crippen LogP contribution >= 0.6 is 0 Å². The third kappa shape index (κ3) is 7.31. The fourth-order valence-electron chi connectivity index (χ4n) is 5.10. The number of phenolic OH excluding ortho intramolecular Hbond substituents is 1. The van der Waals surface area contributed by atoms with Gasteiger partial charge in [-0.3, -0.25) is 19.4 Å². The number of carboxylic acids is 1. The topological polar surface area (TPSA) is 172 Å². The largest absolute Gasteiger partial charge is 0.508 e. The molecule has 0 spiro atoms. The van der Waals surface area contributed by atoms with Crippen LogP contribution in [0.1, 0.15) is 33.9 Å². The lowest BCUT2D eigenvalue weighted by molar-refractivity contribution is -0.137. The van der Waals surface area contributed by atoms with Crippen molar-refractivity contribution >= 4 is 40.2 Å². The zero-order valence-electron chi connectivity index (χ0n) is 24.0.